The number of benzene rings is 1. The quantitative estimate of drug-likeness (QED) is 0.608. The Hall–Kier alpha value is -1.11. The zero-order valence-corrected chi connectivity index (χ0v) is 7.16. The maximum absolute atomic E-state index is 10.5. The highest BCUT2D eigenvalue weighted by Gasteiger charge is 2.33. The zero-order valence-electron chi connectivity index (χ0n) is 7.16. The molecule has 2 unspecified atom stereocenters. The van der Waals surface area contributed by atoms with Crippen LogP contribution in [0, 0.1) is 5.92 Å². The first-order valence-corrected chi connectivity index (χ1v) is 4.36. The summed E-state index contributed by atoms with van der Waals surface area (Å²) in [5.74, 6) is 1.52. The van der Waals surface area contributed by atoms with Crippen LogP contribution in [0.5, 0.6) is 0 Å². The van der Waals surface area contributed by atoms with E-state index in [9.17, 15) is 4.79 Å². The van der Waals surface area contributed by atoms with E-state index in [1.54, 1.807) is 0 Å². The van der Waals surface area contributed by atoms with E-state index < -0.39 is 0 Å². The van der Waals surface area contributed by atoms with Crippen molar-refractivity contribution in [3.05, 3.63) is 35.4 Å². The fourth-order valence-corrected chi connectivity index (χ4v) is 1.65. The van der Waals surface area contributed by atoms with Gasteiger partial charge in [-0.2, -0.15) is 0 Å². The summed E-state index contributed by atoms with van der Waals surface area (Å²) in [5.41, 5.74) is 2.12. The van der Waals surface area contributed by atoms with E-state index in [1.807, 2.05) is 18.2 Å². The second kappa shape index (κ2) is 2.74. The van der Waals surface area contributed by atoms with Crippen LogP contribution in [0.25, 0.3) is 0 Å². The SMILES string of the molecule is CC1CC1c1cccc(C=O)c1. The van der Waals surface area contributed by atoms with Crippen LogP contribution in [0.3, 0.4) is 0 Å². The second-order valence-electron chi connectivity index (χ2n) is 3.61. The van der Waals surface area contributed by atoms with E-state index in [0.29, 0.717) is 5.92 Å². The highest BCUT2D eigenvalue weighted by Crippen LogP contribution is 2.46. The molecule has 2 rings (SSSR count). The third-order valence-corrected chi connectivity index (χ3v) is 2.58. The Morgan fingerprint density at radius 3 is 2.83 bits per heavy atom. The summed E-state index contributed by atoms with van der Waals surface area (Å²) in [6.45, 7) is 2.25. The Bertz CT molecular complexity index is 304. The van der Waals surface area contributed by atoms with E-state index in [-0.39, 0.29) is 0 Å². The van der Waals surface area contributed by atoms with Crippen molar-refractivity contribution in [3.63, 3.8) is 0 Å². The lowest BCUT2D eigenvalue weighted by atomic mass is 10.1. The molecule has 0 saturated heterocycles. The summed E-state index contributed by atoms with van der Waals surface area (Å²) in [6.07, 6.45) is 2.19. The van der Waals surface area contributed by atoms with Crippen molar-refractivity contribution < 1.29 is 4.79 Å². The van der Waals surface area contributed by atoms with Crippen molar-refractivity contribution in [2.24, 2.45) is 5.92 Å². The molecule has 0 heterocycles. The molecule has 0 radical (unpaired) electrons. The minimum absolute atomic E-state index is 0.713. The molecule has 1 aliphatic rings. The van der Waals surface area contributed by atoms with Crippen LogP contribution in [-0.4, -0.2) is 6.29 Å². The number of carbonyl (C=O) groups excluding carboxylic acids is 1. The molecular weight excluding hydrogens is 148 g/mol. The van der Waals surface area contributed by atoms with Gasteiger partial charge in [-0.05, 0) is 29.9 Å². The van der Waals surface area contributed by atoms with Crippen molar-refractivity contribution in [2.75, 3.05) is 0 Å². The second-order valence-corrected chi connectivity index (χ2v) is 3.61. The molecule has 1 aliphatic carbocycles. The van der Waals surface area contributed by atoms with Crippen LogP contribution >= 0.6 is 0 Å². The summed E-state index contributed by atoms with van der Waals surface area (Å²) in [4.78, 5) is 10.5. The molecule has 1 aromatic carbocycles. The van der Waals surface area contributed by atoms with Gasteiger partial charge in [-0.15, -0.1) is 0 Å². The molecule has 1 nitrogen and oxygen atoms in total. The fraction of sp³-hybridized carbons (Fsp3) is 0.364. The lowest BCUT2D eigenvalue weighted by Crippen LogP contribution is -1.84. The van der Waals surface area contributed by atoms with Gasteiger partial charge in [0, 0.05) is 5.56 Å². The summed E-state index contributed by atoms with van der Waals surface area (Å²) in [6, 6.07) is 7.93. The highest BCUT2D eigenvalue weighted by atomic mass is 16.1. The van der Waals surface area contributed by atoms with Crippen LogP contribution in [0.1, 0.15) is 35.2 Å². The zero-order chi connectivity index (χ0) is 8.55. The first kappa shape index (κ1) is 7.53. The Balaban J connectivity index is 2.27. The van der Waals surface area contributed by atoms with E-state index in [1.165, 1.54) is 12.0 Å². The number of hydrogen-bond acceptors (Lipinski definition) is 1. The lowest BCUT2D eigenvalue weighted by Gasteiger charge is -1.98. The summed E-state index contributed by atoms with van der Waals surface area (Å²) in [7, 11) is 0. The predicted octanol–water partition coefficient (Wildman–Crippen LogP) is 2.62. The number of aldehydes is 1. The Morgan fingerprint density at radius 1 is 1.50 bits per heavy atom. The van der Waals surface area contributed by atoms with E-state index >= 15 is 0 Å². The molecule has 0 aromatic heterocycles. The van der Waals surface area contributed by atoms with Crippen LogP contribution in [0.2, 0.25) is 0 Å². The molecule has 0 spiro atoms. The monoisotopic (exact) mass is 160 g/mol. The number of carbonyl (C=O) groups is 1. The minimum Gasteiger partial charge on any atom is -0.298 e. The average molecular weight is 160 g/mol. The topological polar surface area (TPSA) is 17.1 Å². The fourth-order valence-electron chi connectivity index (χ4n) is 1.65. The van der Waals surface area contributed by atoms with Crippen LogP contribution in [0.15, 0.2) is 24.3 Å². The van der Waals surface area contributed by atoms with Gasteiger partial charge in [0.05, 0.1) is 0 Å². The van der Waals surface area contributed by atoms with Crippen LogP contribution < -0.4 is 0 Å². The number of hydrogen-bond donors (Lipinski definition) is 0. The molecule has 2 atom stereocenters. The minimum atomic E-state index is 0.713. The largest absolute Gasteiger partial charge is 0.298 e. The summed E-state index contributed by atoms with van der Waals surface area (Å²) >= 11 is 0. The molecule has 0 N–H and O–H groups in total. The number of rotatable bonds is 2. The molecule has 0 bridgehead atoms. The van der Waals surface area contributed by atoms with Crippen molar-refractivity contribution >= 4 is 6.29 Å². The van der Waals surface area contributed by atoms with E-state index in [2.05, 4.69) is 13.0 Å². The van der Waals surface area contributed by atoms with Gasteiger partial charge in [0.1, 0.15) is 6.29 Å². The van der Waals surface area contributed by atoms with Crippen LogP contribution in [-0.2, 0) is 0 Å². The standard InChI is InChI=1S/C11H12O/c1-8-5-11(8)10-4-2-3-9(6-10)7-12/h2-4,6-8,11H,5H2,1H3. The van der Waals surface area contributed by atoms with Crippen molar-refractivity contribution in [1.29, 1.82) is 0 Å². The predicted molar refractivity (Wildman–Crippen MR) is 48.4 cm³/mol. The third-order valence-electron chi connectivity index (χ3n) is 2.58. The molecule has 1 aromatic rings. The van der Waals surface area contributed by atoms with Gasteiger partial charge in [0.15, 0.2) is 0 Å². The summed E-state index contributed by atoms with van der Waals surface area (Å²) < 4.78 is 0. The Kier molecular flexibility index (Phi) is 1.72. The normalized spacial score (nSPS) is 26.8. The smallest absolute Gasteiger partial charge is 0.150 e. The highest BCUT2D eigenvalue weighted by molar-refractivity contribution is 5.75. The molecule has 1 fully saturated rings. The third kappa shape index (κ3) is 1.27. The molecule has 62 valence electrons. The van der Waals surface area contributed by atoms with Gasteiger partial charge in [0.25, 0.3) is 0 Å². The summed E-state index contributed by atoms with van der Waals surface area (Å²) in [5, 5.41) is 0. The lowest BCUT2D eigenvalue weighted by molar-refractivity contribution is 0.112. The van der Waals surface area contributed by atoms with Gasteiger partial charge in [-0.25, -0.2) is 0 Å². The Labute approximate surface area is 72.4 Å². The molecule has 12 heavy (non-hydrogen) atoms. The molecule has 1 saturated carbocycles. The van der Waals surface area contributed by atoms with E-state index in [0.717, 1.165) is 17.8 Å². The van der Waals surface area contributed by atoms with Crippen molar-refractivity contribution in [2.45, 2.75) is 19.3 Å². The molecule has 0 aliphatic heterocycles. The van der Waals surface area contributed by atoms with Gasteiger partial charge >= 0.3 is 0 Å². The van der Waals surface area contributed by atoms with Gasteiger partial charge in [-0.1, -0.05) is 25.1 Å². The van der Waals surface area contributed by atoms with Gasteiger partial charge in [0.2, 0.25) is 0 Å². The molecular formula is C11H12O. The Morgan fingerprint density at radius 2 is 2.25 bits per heavy atom. The molecule has 1 heteroatoms. The molecule has 0 amide bonds. The van der Waals surface area contributed by atoms with Gasteiger partial charge in [-0.3, -0.25) is 4.79 Å². The van der Waals surface area contributed by atoms with Crippen molar-refractivity contribution in [3.8, 4) is 0 Å². The van der Waals surface area contributed by atoms with E-state index in [4.69, 9.17) is 0 Å². The average Bonchev–Trinajstić information content (AvgIpc) is 2.83. The first-order valence-electron chi connectivity index (χ1n) is 4.36. The van der Waals surface area contributed by atoms with Crippen molar-refractivity contribution in [1.82, 2.24) is 0 Å². The maximum Gasteiger partial charge on any atom is 0.150 e. The van der Waals surface area contributed by atoms with Crippen LogP contribution in [0.4, 0.5) is 0 Å². The van der Waals surface area contributed by atoms with Gasteiger partial charge < -0.3 is 0 Å². The maximum atomic E-state index is 10.5. The first-order chi connectivity index (χ1) is 5.81.